The van der Waals surface area contributed by atoms with Crippen LogP contribution in [0.1, 0.15) is 52.4 Å². The maximum atomic E-state index is 5.27. The molecule has 0 bridgehead atoms. The van der Waals surface area contributed by atoms with Gasteiger partial charge < -0.3 is 4.74 Å². The Labute approximate surface area is 83.2 Å². The molecular formula is C12H24O. The van der Waals surface area contributed by atoms with Crippen LogP contribution < -0.4 is 0 Å². The molecule has 0 unspecified atom stereocenters. The van der Waals surface area contributed by atoms with Crippen LogP contribution in [0.5, 0.6) is 0 Å². The monoisotopic (exact) mass is 184 g/mol. The number of hydrogen-bond donors (Lipinski definition) is 0. The van der Waals surface area contributed by atoms with Gasteiger partial charge in [-0.2, -0.15) is 0 Å². The van der Waals surface area contributed by atoms with Crippen molar-refractivity contribution in [2.24, 2.45) is 0 Å². The van der Waals surface area contributed by atoms with Crippen molar-refractivity contribution in [2.75, 3.05) is 13.2 Å². The summed E-state index contributed by atoms with van der Waals surface area (Å²) in [4.78, 5) is 0. The molecule has 1 nitrogen and oxygen atoms in total. The van der Waals surface area contributed by atoms with Crippen LogP contribution in [0.2, 0.25) is 0 Å². The number of rotatable bonds is 9. The fourth-order valence-corrected chi connectivity index (χ4v) is 1.31. The molecule has 0 atom stereocenters. The molecular weight excluding hydrogens is 160 g/mol. The second kappa shape index (κ2) is 11.7. The van der Waals surface area contributed by atoms with E-state index < -0.39 is 0 Å². The first kappa shape index (κ1) is 12.7. The highest BCUT2D eigenvalue weighted by atomic mass is 16.5. The van der Waals surface area contributed by atoms with Crippen LogP contribution in [0, 0.1) is 0 Å². The Morgan fingerprint density at radius 1 is 1.00 bits per heavy atom. The molecule has 0 aromatic rings. The summed E-state index contributed by atoms with van der Waals surface area (Å²) in [5.41, 5.74) is 0. The lowest BCUT2D eigenvalue weighted by Crippen LogP contribution is -1.92. The lowest BCUT2D eigenvalue weighted by Gasteiger charge is -2.00. The summed E-state index contributed by atoms with van der Waals surface area (Å²) in [5, 5.41) is 0. The van der Waals surface area contributed by atoms with Gasteiger partial charge in [0.1, 0.15) is 0 Å². The predicted molar refractivity (Wildman–Crippen MR) is 59.0 cm³/mol. The lowest BCUT2D eigenvalue weighted by atomic mass is 10.1. The molecule has 0 aromatic heterocycles. The van der Waals surface area contributed by atoms with E-state index in [1.807, 2.05) is 0 Å². The molecule has 0 aliphatic heterocycles. The van der Waals surface area contributed by atoms with Gasteiger partial charge in [0, 0.05) is 13.2 Å². The Morgan fingerprint density at radius 3 is 2.38 bits per heavy atom. The van der Waals surface area contributed by atoms with Crippen molar-refractivity contribution in [3.05, 3.63) is 12.2 Å². The fraction of sp³-hybridized carbons (Fsp3) is 0.833. The summed E-state index contributed by atoms with van der Waals surface area (Å²) in [7, 11) is 0. The maximum Gasteiger partial charge on any atom is 0.0465 e. The van der Waals surface area contributed by atoms with Gasteiger partial charge in [0.2, 0.25) is 0 Å². The van der Waals surface area contributed by atoms with Crippen LogP contribution in [0.25, 0.3) is 0 Å². The van der Waals surface area contributed by atoms with Crippen molar-refractivity contribution >= 4 is 0 Å². The molecule has 1 heteroatoms. The van der Waals surface area contributed by atoms with E-state index in [2.05, 4.69) is 26.0 Å². The van der Waals surface area contributed by atoms with Crippen molar-refractivity contribution in [3.8, 4) is 0 Å². The standard InChI is InChI=1S/C12H24O/c1-3-5-6-7-8-9-10-11-12-13-4-2/h3,5H,4,6-12H2,1-2H3. The molecule has 0 fully saturated rings. The largest absolute Gasteiger partial charge is 0.382 e. The Kier molecular flexibility index (Phi) is 11.4. The summed E-state index contributed by atoms with van der Waals surface area (Å²) in [6.07, 6.45) is 12.3. The minimum atomic E-state index is 0.862. The zero-order valence-corrected chi connectivity index (χ0v) is 9.22. The fourth-order valence-electron chi connectivity index (χ4n) is 1.31. The minimum Gasteiger partial charge on any atom is -0.382 e. The molecule has 0 aliphatic carbocycles. The average molecular weight is 184 g/mol. The predicted octanol–water partition coefficient (Wildman–Crippen LogP) is 3.94. The zero-order chi connectivity index (χ0) is 9.78. The van der Waals surface area contributed by atoms with Gasteiger partial charge in [-0.25, -0.2) is 0 Å². The van der Waals surface area contributed by atoms with Crippen molar-refractivity contribution in [1.29, 1.82) is 0 Å². The van der Waals surface area contributed by atoms with Crippen molar-refractivity contribution in [1.82, 2.24) is 0 Å². The normalized spacial score (nSPS) is 11.2. The first-order chi connectivity index (χ1) is 6.41. The average Bonchev–Trinajstić information content (AvgIpc) is 2.16. The van der Waals surface area contributed by atoms with Gasteiger partial charge in [0.25, 0.3) is 0 Å². The molecule has 0 aliphatic rings. The first-order valence-electron chi connectivity index (χ1n) is 5.60. The van der Waals surface area contributed by atoms with Gasteiger partial charge in [-0.15, -0.1) is 0 Å². The third-order valence-corrected chi connectivity index (χ3v) is 2.10. The molecule has 0 saturated carbocycles. The minimum absolute atomic E-state index is 0.862. The molecule has 0 radical (unpaired) electrons. The second-order valence-corrected chi connectivity index (χ2v) is 3.32. The molecule has 0 aromatic carbocycles. The van der Waals surface area contributed by atoms with Crippen LogP contribution in [-0.4, -0.2) is 13.2 Å². The van der Waals surface area contributed by atoms with Gasteiger partial charge in [0.15, 0.2) is 0 Å². The van der Waals surface area contributed by atoms with E-state index in [4.69, 9.17) is 4.74 Å². The summed E-state index contributed by atoms with van der Waals surface area (Å²) in [6, 6.07) is 0. The van der Waals surface area contributed by atoms with E-state index >= 15 is 0 Å². The Balaban J connectivity index is 2.83. The SMILES string of the molecule is CC=CCCCCCCCOCC. The van der Waals surface area contributed by atoms with Crippen LogP contribution in [0.15, 0.2) is 12.2 Å². The maximum absolute atomic E-state index is 5.27. The Morgan fingerprint density at radius 2 is 1.69 bits per heavy atom. The Hall–Kier alpha value is -0.300. The van der Waals surface area contributed by atoms with Crippen molar-refractivity contribution < 1.29 is 4.74 Å². The van der Waals surface area contributed by atoms with Gasteiger partial charge >= 0.3 is 0 Å². The van der Waals surface area contributed by atoms with E-state index in [0.29, 0.717) is 0 Å². The molecule has 0 saturated heterocycles. The van der Waals surface area contributed by atoms with Crippen LogP contribution in [0.4, 0.5) is 0 Å². The lowest BCUT2D eigenvalue weighted by molar-refractivity contribution is 0.143. The topological polar surface area (TPSA) is 9.23 Å². The second-order valence-electron chi connectivity index (χ2n) is 3.32. The highest BCUT2D eigenvalue weighted by molar-refractivity contribution is 4.76. The number of unbranched alkanes of at least 4 members (excludes halogenated alkanes) is 5. The van der Waals surface area contributed by atoms with E-state index in [1.165, 1.54) is 38.5 Å². The summed E-state index contributed by atoms with van der Waals surface area (Å²) in [6.45, 7) is 5.95. The van der Waals surface area contributed by atoms with E-state index in [-0.39, 0.29) is 0 Å². The van der Waals surface area contributed by atoms with Crippen molar-refractivity contribution in [3.63, 3.8) is 0 Å². The van der Waals surface area contributed by atoms with Crippen LogP contribution >= 0.6 is 0 Å². The van der Waals surface area contributed by atoms with Gasteiger partial charge in [-0.1, -0.05) is 31.4 Å². The van der Waals surface area contributed by atoms with E-state index in [1.54, 1.807) is 0 Å². The third-order valence-electron chi connectivity index (χ3n) is 2.10. The van der Waals surface area contributed by atoms with Gasteiger partial charge in [-0.05, 0) is 33.1 Å². The molecule has 0 rings (SSSR count). The highest BCUT2D eigenvalue weighted by Crippen LogP contribution is 2.05. The highest BCUT2D eigenvalue weighted by Gasteiger charge is 1.89. The van der Waals surface area contributed by atoms with E-state index in [0.717, 1.165) is 13.2 Å². The molecule has 0 spiro atoms. The molecule has 0 heterocycles. The quantitative estimate of drug-likeness (QED) is 0.389. The summed E-state index contributed by atoms with van der Waals surface area (Å²) in [5.74, 6) is 0. The van der Waals surface area contributed by atoms with Gasteiger partial charge in [0.05, 0.1) is 0 Å². The molecule has 0 amide bonds. The number of allylic oxidation sites excluding steroid dienone is 2. The smallest absolute Gasteiger partial charge is 0.0465 e. The first-order valence-corrected chi connectivity index (χ1v) is 5.60. The number of ether oxygens (including phenoxy) is 1. The summed E-state index contributed by atoms with van der Waals surface area (Å²) >= 11 is 0. The van der Waals surface area contributed by atoms with Crippen LogP contribution in [-0.2, 0) is 4.74 Å². The van der Waals surface area contributed by atoms with Crippen molar-refractivity contribution in [2.45, 2.75) is 52.4 Å². The number of hydrogen-bond acceptors (Lipinski definition) is 1. The molecule has 78 valence electrons. The van der Waals surface area contributed by atoms with E-state index in [9.17, 15) is 0 Å². The third kappa shape index (κ3) is 11.7. The Bertz CT molecular complexity index is 108. The molecule has 13 heavy (non-hydrogen) atoms. The van der Waals surface area contributed by atoms with Gasteiger partial charge in [-0.3, -0.25) is 0 Å². The summed E-state index contributed by atoms with van der Waals surface area (Å²) < 4.78 is 5.27. The van der Waals surface area contributed by atoms with Crippen LogP contribution in [0.3, 0.4) is 0 Å². The zero-order valence-electron chi connectivity index (χ0n) is 9.22. The molecule has 0 N–H and O–H groups in total.